The molecular formula is C32H32N10O6. The second kappa shape index (κ2) is 12.8. The average Bonchev–Trinajstić information content (AvgIpc) is 3.83. The van der Waals surface area contributed by atoms with Crippen molar-refractivity contribution in [2.75, 3.05) is 17.7 Å². The van der Waals surface area contributed by atoms with Gasteiger partial charge in [0.1, 0.15) is 22.9 Å². The summed E-state index contributed by atoms with van der Waals surface area (Å²) < 4.78 is 13.6. The number of esters is 1. The van der Waals surface area contributed by atoms with Crippen molar-refractivity contribution in [3.8, 4) is 5.75 Å². The lowest BCUT2D eigenvalue weighted by atomic mass is 10.1. The fraction of sp³-hybridized carbons (Fsp3) is 0.281. The van der Waals surface area contributed by atoms with Gasteiger partial charge in [-0.3, -0.25) is 4.57 Å². The maximum absolute atomic E-state index is 13.6. The van der Waals surface area contributed by atoms with Crippen molar-refractivity contribution in [3.05, 3.63) is 90.0 Å². The standard InChI is InChI=1S/C32H32N10O6/c1-2-42-39-28(38-40-42)25-24(45)26(48-31(46)21-13-12-18-10-6-7-11-20(18)23(21)44)30(47-25)41-16-34-22-27(33)36-32(37-29(22)41)35-19(15-43)14-17-8-4-3-5-9-17/h3-13,16,19,24-26,30,43-45H,2,14-15H2,1H3,(H3,33,35,36,37)/t19-,24-,25-,26+,30+/m0/s1. The summed E-state index contributed by atoms with van der Waals surface area (Å²) in [5, 5.41) is 49.2. The van der Waals surface area contributed by atoms with E-state index in [9.17, 15) is 20.1 Å². The number of rotatable bonds is 10. The number of imidazole rings is 1. The van der Waals surface area contributed by atoms with Gasteiger partial charge in [-0.25, -0.2) is 9.78 Å². The minimum atomic E-state index is -1.46. The first kappa shape index (κ1) is 30.9. The molecule has 1 aliphatic heterocycles. The van der Waals surface area contributed by atoms with Gasteiger partial charge in [0, 0.05) is 5.39 Å². The van der Waals surface area contributed by atoms with E-state index in [1.807, 2.05) is 43.3 Å². The highest BCUT2D eigenvalue weighted by Gasteiger charge is 2.50. The molecule has 1 fully saturated rings. The number of phenols is 1. The van der Waals surface area contributed by atoms with Crippen LogP contribution in [0.15, 0.2) is 73.1 Å². The van der Waals surface area contributed by atoms with Crippen molar-refractivity contribution in [2.24, 2.45) is 0 Å². The molecule has 16 heteroatoms. The Hall–Kier alpha value is -5.71. The van der Waals surface area contributed by atoms with E-state index in [-0.39, 0.29) is 46.7 Å². The summed E-state index contributed by atoms with van der Waals surface area (Å²) in [6.07, 6.45) is -3.29. The van der Waals surface area contributed by atoms with Gasteiger partial charge in [-0.05, 0) is 35.6 Å². The van der Waals surface area contributed by atoms with Gasteiger partial charge in [-0.15, -0.1) is 10.2 Å². The zero-order chi connectivity index (χ0) is 33.4. The van der Waals surface area contributed by atoms with Crippen LogP contribution in [0.1, 0.15) is 41.0 Å². The zero-order valence-corrected chi connectivity index (χ0v) is 25.7. The van der Waals surface area contributed by atoms with Gasteiger partial charge in [-0.1, -0.05) is 60.7 Å². The van der Waals surface area contributed by atoms with Crippen LogP contribution in [-0.4, -0.2) is 85.9 Å². The number of hydrogen-bond donors (Lipinski definition) is 5. The Bertz CT molecular complexity index is 2090. The zero-order valence-electron chi connectivity index (χ0n) is 25.7. The molecule has 0 bridgehead atoms. The molecule has 3 aromatic carbocycles. The van der Waals surface area contributed by atoms with Gasteiger partial charge < -0.3 is 35.8 Å². The minimum Gasteiger partial charge on any atom is -0.506 e. The molecule has 7 rings (SSSR count). The Balaban J connectivity index is 1.24. The van der Waals surface area contributed by atoms with Gasteiger partial charge in [0.15, 0.2) is 29.9 Å². The second-order valence-corrected chi connectivity index (χ2v) is 11.3. The van der Waals surface area contributed by atoms with E-state index in [1.54, 1.807) is 24.3 Å². The number of ether oxygens (including phenoxy) is 2. The van der Waals surface area contributed by atoms with Gasteiger partial charge in [0.05, 0.1) is 25.5 Å². The number of phenolic OH excluding ortho intramolecular Hbond substituents is 1. The second-order valence-electron chi connectivity index (χ2n) is 11.3. The third kappa shape index (κ3) is 5.72. The molecule has 16 nitrogen and oxygen atoms in total. The lowest BCUT2D eigenvalue weighted by molar-refractivity contribution is -0.0493. The minimum absolute atomic E-state index is 0.0509. The molecule has 4 heterocycles. The van der Waals surface area contributed by atoms with E-state index < -0.39 is 36.6 Å². The topological polar surface area (TPSA) is 221 Å². The number of carbonyl (C=O) groups is 1. The van der Waals surface area contributed by atoms with E-state index in [4.69, 9.17) is 15.2 Å². The van der Waals surface area contributed by atoms with E-state index in [2.05, 4.69) is 35.7 Å². The first-order valence-electron chi connectivity index (χ1n) is 15.3. The molecule has 0 saturated carbocycles. The number of aromatic hydroxyl groups is 1. The summed E-state index contributed by atoms with van der Waals surface area (Å²) in [5.41, 5.74) is 7.64. The van der Waals surface area contributed by atoms with Crippen LogP contribution in [0.2, 0.25) is 0 Å². The summed E-state index contributed by atoms with van der Waals surface area (Å²) in [6.45, 7) is 2.05. The number of nitrogens with two attached hydrogens (primary N) is 1. The average molecular weight is 653 g/mol. The number of nitrogens with one attached hydrogen (secondary N) is 1. The number of hydrogen-bond acceptors (Lipinski definition) is 14. The van der Waals surface area contributed by atoms with Crippen LogP contribution in [0.3, 0.4) is 0 Å². The molecule has 0 radical (unpaired) electrons. The highest BCUT2D eigenvalue weighted by atomic mass is 16.6. The number of nitrogens with zero attached hydrogens (tertiary/aromatic N) is 8. The molecule has 1 aliphatic rings. The molecule has 0 aliphatic carbocycles. The molecule has 6 aromatic rings. The number of nitrogen functional groups attached to an aromatic ring is 1. The fourth-order valence-corrected chi connectivity index (χ4v) is 5.76. The SMILES string of the molecule is CCn1nnc([C@H]2O[C@@H](n3cnc4c(N)nc(N[C@H](CO)Cc5ccccc5)nc43)[C@H](OC(=O)c3ccc4ccccc4c3O)[C@H]2O)n1. The molecule has 3 aromatic heterocycles. The van der Waals surface area contributed by atoms with Crippen LogP contribution in [0.25, 0.3) is 21.9 Å². The number of anilines is 2. The van der Waals surface area contributed by atoms with Gasteiger partial charge in [0.2, 0.25) is 11.8 Å². The Labute approximate surface area is 272 Å². The van der Waals surface area contributed by atoms with Crippen LogP contribution >= 0.6 is 0 Å². The van der Waals surface area contributed by atoms with Gasteiger partial charge in [0.25, 0.3) is 0 Å². The van der Waals surface area contributed by atoms with Crippen LogP contribution < -0.4 is 11.1 Å². The molecule has 246 valence electrons. The molecule has 1 saturated heterocycles. The van der Waals surface area contributed by atoms with E-state index in [0.717, 1.165) is 10.9 Å². The number of carbonyl (C=O) groups excluding carboxylic acids is 1. The molecular weight excluding hydrogens is 620 g/mol. The highest BCUT2D eigenvalue weighted by molar-refractivity contribution is 6.01. The van der Waals surface area contributed by atoms with Crippen LogP contribution in [0.4, 0.5) is 11.8 Å². The summed E-state index contributed by atoms with van der Waals surface area (Å²) in [6, 6.07) is 19.4. The third-order valence-electron chi connectivity index (χ3n) is 8.18. The van der Waals surface area contributed by atoms with Crippen LogP contribution in [-0.2, 0) is 22.4 Å². The van der Waals surface area contributed by atoms with Crippen molar-refractivity contribution < 1.29 is 29.6 Å². The number of aliphatic hydroxyl groups is 2. The number of fused-ring (bicyclic) bond motifs is 2. The molecule has 5 atom stereocenters. The van der Waals surface area contributed by atoms with E-state index >= 15 is 0 Å². The first-order valence-corrected chi connectivity index (χ1v) is 15.3. The number of aromatic nitrogens is 8. The van der Waals surface area contributed by atoms with E-state index in [0.29, 0.717) is 18.4 Å². The molecule has 0 amide bonds. The Morgan fingerprint density at radius 2 is 1.90 bits per heavy atom. The first-order chi connectivity index (χ1) is 23.3. The number of tetrazole rings is 1. The van der Waals surface area contributed by atoms with Crippen molar-refractivity contribution in [1.29, 1.82) is 0 Å². The lowest BCUT2D eigenvalue weighted by Crippen LogP contribution is -2.34. The Morgan fingerprint density at radius 1 is 1.10 bits per heavy atom. The maximum atomic E-state index is 13.6. The largest absolute Gasteiger partial charge is 0.506 e. The van der Waals surface area contributed by atoms with E-state index in [1.165, 1.54) is 21.8 Å². The van der Waals surface area contributed by atoms with Gasteiger partial charge >= 0.3 is 5.97 Å². The lowest BCUT2D eigenvalue weighted by Gasteiger charge is -2.22. The third-order valence-corrected chi connectivity index (χ3v) is 8.18. The number of aryl methyl sites for hydroxylation is 1. The molecule has 6 N–H and O–H groups in total. The maximum Gasteiger partial charge on any atom is 0.342 e. The van der Waals surface area contributed by atoms with Crippen molar-refractivity contribution >= 4 is 39.7 Å². The van der Waals surface area contributed by atoms with Crippen molar-refractivity contribution in [3.63, 3.8) is 0 Å². The fourth-order valence-electron chi connectivity index (χ4n) is 5.76. The predicted molar refractivity (Wildman–Crippen MR) is 172 cm³/mol. The molecule has 0 spiro atoms. The summed E-state index contributed by atoms with van der Waals surface area (Å²) >= 11 is 0. The van der Waals surface area contributed by atoms with Crippen molar-refractivity contribution in [2.45, 2.75) is 50.5 Å². The molecule has 48 heavy (non-hydrogen) atoms. The summed E-state index contributed by atoms with van der Waals surface area (Å²) in [4.78, 5) is 28.3. The van der Waals surface area contributed by atoms with Crippen LogP contribution in [0.5, 0.6) is 5.75 Å². The Kier molecular flexibility index (Phi) is 8.26. The summed E-state index contributed by atoms with van der Waals surface area (Å²) in [5.74, 6) is -0.905. The normalized spacial score (nSPS) is 19.9. The number of aliphatic hydroxyl groups excluding tert-OH is 2. The quantitative estimate of drug-likeness (QED) is 0.134. The highest BCUT2D eigenvalue weighted by Crippen LogP contribution is 2.41. The monoisotopic (exact) mass is 652 g/mol. The van der Waals surface area contributed by atoms with Gasteiger partial charge in [-0.2, -0.15) is 14.8 Å². The predicted octanol–water partition coefficient (Wildman–Crippen LogP) is 2.15. The van der Waals surface area contributed by atoms with Crippen LogP contribution in [0, 0.1) is 0 Å². The summed E-state index contributed by atoms with van der Waals surface area (Å²) in [7, 11) is 0. The number of benzene rings is 3. The molecule has 0 unspecified atom stereocenters. The Morgan fingerprint density at radius 3 is 2.67 bits per heavy atom. The smallest absolute Gasteiger partial charge is 0.342 e. The van der Waals surface area contributed by atoms with Crippen molar-refractivity contribution in [1.82, 2.24) is 39.7 Å².